The Morgan fingerprint density at radius 2 is 1.71 bits per heavy atom. The first-order valence-corrected chi connectivity index (χ1v) is 7.49. The average molecular weight is 279 g/mol. The summed E-state index contributed by atoms with van der Waals surface area (Å²) in [6, 6.07) is 18.9. The lowest BCUT2D eigenvalue weighted by atomic mass is 9.91. The molecule has 3 rings (SSSR count). The van der Waals surface area contributed by atoms with Crippen molar-refractivity contribution < 1.29 is 4.42 Å². The Kier molecular flexibility index (Phi) is 4.07. The van der Waals surface area contributed by atoms with Crippen LogP contribution in [0.1, 0.15) is 29.2 Å². The molecule has 0 spiro atoms. The summed E-state index contributed by atoms with van der Waals surface area (Å²) in [5, 5.41) is 4.47. The first-order chi connectivity index (χ1) is 10.3. The highest BCUT2D eigenvalue weighted by Gasteiger charge is 2.21. The fourth-order valence-corrected chi connectivity index (χ4v) is 2.95. The van der Waals surface area contributed by atoms with E-state index in [0.717, 1.165) is 24.3 Å². The molecular formula is C19H21NO. The largest absolute Gasteiger partial charge is 0.460 e. The lowest BCUT2D eigenvalue weighted by Crippen LogP contribution is -2.13. The van der Waals surface area contributed by atoms with Crippen LogP contribution in [-0.4, -0.2) is 13.6 Å². The summed E-state index contributed by atoms with van der Waals surface area (Å²) in [5.74, 6) is 1.39. The molecular weight excluding hydrogens is 258 g/mol. The van der Waals surface area contributed by atoms with E-state index in [4.69, 9.17) is 4.42 Å². The van der Waals surface area contributed by atoms with Gasteiger partial charge in [0.1, 0.15) is 11.3 Å². The van der Waals surface area contributed by atoms with Crippen LogP contribution in [-0.2, 0) is 0 Å². The van der Waals surface area contributed by atoms with Gasteiger partial charge in [-0.2, -0.15) is 0 Å². The van der Waals surface area contributed by atoms with Gasteiger partial charge in [0.2, 0.25) is 0 Å². The van der Waals surface area contributed by atoms with Crippen molar-refractivity contribution in [3.63, 3.8) is 0 Å². The standard InChI is InChI=1S/C19H21NO/c1-14-16-10-6-7-11-18(16)21-19(14)17(12-13-20-2)15-8-4-3-5-9-15/h3-11,17,20H,12-13H2,1-2H3. The second-order valence-electron chi connectivity index (χ2n) is 5.44. The molecule has 0 radical (unpaired) electrons. The van der Waals surface area contributed by atoms with Crippen LogP contribution in [0.3, 0.4) is 0 Å². The van der Waals surface area contributed by atoms with E-state index in [9.17, 15) is 0 Å². The van der Waals surface area contributed by atoms with Gasteiger partial charge in [-0.3, -0.25) is 0 Å². The SMILES string of the molecule is CNCCC(c1ccccc1)c1oc2ccccc2c1C. The number of fused-ring (bicyclic) bond motifs is 1. The van der Waals surface area contributed by atoms with Crippen LogP contribution in [0.4, 0.5) is 0 Å². The Labute approximate surface area is 125 Å². The van der Waals surface area contributed by atoms with E-state index in [1.165, 1.54) is 16.5 Å². The Balaban J connectivity index is 2.08. The van der Waals surface area contributed by atoms with Gasteiger partial charge >= 0.3 is 0 Å². The third kappa shape index (κ3) is 2.72. The summed E-state index contributed by atoms with van der Waals surface area (Å²) < 4.78 is 6.18. The second-order valence-corrected chi connectivity index (χ2v) is 5.44. The fourth-order valence-electron chi connectivity index (χ4n) is 2.95. The molecule has 1 aromatic heterocycles. The van der Waals surface area contributed by atoms with Crippen molar-refractivity contribution in [2.24, 2.45) is 0 Å². The number of furan rings is 1. The summed E-state index contributed by atoms with van der Waals surface area (Å²) in [6.45, 7) is 3.13. The molecule has 1 N–H and O–H groups in total. The highest BCUT2D eigenvalue weighted by molar-refractivity contribution is 5.82. The molecule has 1 unspecified atom stereocenters. The van der Waals surface area contributed by atoms with Crippen molar-refractivity contribution in [3.05, 3.63) is 71.5 Å². The number of hydrogen-bond acceptors (Lipinski definition) is 2. The lowest BCUT2D eigenvalue weighted by Gasteiger charge is -2.16. The molecule has 0 saturated heterocycles. The van der Waals surface area contributed by atoms with Gasteiger partial charge in [0.25, 0.3) is 0 Å². The minimum Gasteiger partial charge on any atom is -0.460 e. The predicted molar refractivity (Wildman–Crippen MR) is 87.8 cm³/mol. The van der Waals surface area contributed by atoms with E-state index in [-0.39, 0.29) is 0 Å². The van der Waals surface area contributed by atoms with Crippen LogP contribution < -0.4 is 5.32 Å². The average Bonchev–Trinajstić information content (AvgIpc) is 2.86. The molecule has 0 aliphatic carbocycles. The van der Waals surface area contributed by atoms with Crippen LogP contribution in [0.15, 0.2) is 59.0 Å². The molecule has 108 valence electrons. The Bertz CT molecular complexity index is 715. The first-order valence-electron chi connectivity index (χ1n) is 7.49. The topological polar surface area (TPSA) is 25.2 Å². The Hall–Kier alpha value is -2.06. The van der Waals surface area contributed by atoms with E-state index in [1.807, 2.05) is 19.2 Å². The van der Waals surface area contributed by atoms with Crippen LogP contribution in [0.25, 0.3) is 11.0 Å². The van der Waals surface area contributed by atoms with Gasteiger partial charge in [0.15, 0.2) is 0 Å². The molecule has 0 aliphatic heterocycles. The van der Waals surface area contributed by atoms with Crippen molar-refractivity contribution in [3.8, 4) is 0 Å². The maximum absolute atomic E-state index is 6.18. The van der Waals surface area contributed by atoms with Gasteiger partial charge in [-0.05, 0) is 44.1 Å². The number of hydrogen-bond donors (Lipinski definition) is 1. The summed E-state index contributed by atoms with van der Waals surface area (Å²) in [5.41, 5.74) is 3.56. The third-order valence-electron chi connectivity index (χ3n) is 4.08. The van der Waals surface area contributed by atoms with Crippen molar-refractivity contribution >= 4 is 11.0 Å². The van der Waals surface area contributed by atoms with Crippen molar-refractivity contribution in [1.82, 2.24) is 5.32 Å². The molecule has 1 heterocycles. The zero-order valence-electron chi connectivity index (χ0n) is 12.6. The number of aryl methyl sites for hydroxylation is 1. The molecule has 0 saturated carbocycles. The quantitative estimate of drug-likeness (QED) is 0.744. The molecule has 21 heavy (non-hydrogen) atoms. The molecule has 2 aromatic carbocycles. The van der Waals surface area contributed by atoms with Crippen LogP contribution in [0, 0.1) is 6.92 Å². The number of nitrogens with one attached hydrogen (secondary N) is 1. The van der Waals surface area contributed by atoms with Gasteiger partial charge in [0, 0.05) is 11.3 Å². The zero-order chi connectivity index (χ0) is 14.7. The van der Waals surface area contributed by atoms with E-state index in [1.54, 1.807) is 0 Å². The van der Waals surface area contributed by atoms with Gasteiger partial charge in [-0.1, -0.05) is 48.5 Å². The van der Waals surface area contributed by atoms with Gasteiger partial charge < -0.3 is 9.73 Å². The van der Waals surface area contributed by atoms with Gasteiger partial charge in [0.05, 0.1) is 0 Å². The van der Waals surface area contributed by atoms with Crippen molar-refractivity contribution in [2.45, 2.75) is 19.3 Å². The van der Waals surface area contributed by atoms with E-state index < -0.39 is 0 Å². The maximum Gasteiger partial charge on any atom is 0.134 e. The number of benzene rings is 2. The molecule has 0 fully saturated rings. The summed E-state index contributed by atoms with van der Waals surface area (Å²) >= 11 is 0. The van der Waals surface area contributed by atoms with Crippen molar-refractivity contribution in [2.75, 3.05) is 13.6 Å². The minimum absolute atomic E-state index is 0.297. The molecule has 2 nitrogen and oxygen atoms in total. The second kappa shape index (κ2) is 6.15. The lowest BCUT2D eigenvalue weighted by molar-refractivity contribution is 0.495. The number of para-hydroxylation sites is 1. The monoisotopic (exact) mass is 279 g/mol. The highest BCUT2D eigenvalue weighted by Crippen LogP contribution is 2.35. The predicted octanol–water partition coefficient (Wildman–Crippen LogP) is 4.48. The summed E-state index contributed by atoms with van der Waals surface area (Å²) in [6.07, 6.45) is 1.03. The maximum atomic E-state index is 6.18. The summed E-state index contributed by atoms with van der Waals surface area (Å²) in [4.78, 5) is 0. The Morgan fingerprint density at radius 1 is 1.00 bits per heavy atom. The van der Waals surface area contributed by atoms with Gasteiger partial charge in [-0.15, -0.1) is 0 Å². The van der Waals surface area contributed by atoms with Crippen molar-refractivity contribution in [1.29, 1.82) is 0 Å². The smallest absolute Gasteiger partial charge is 0.134 e. The van der Waals surface area contributed by atoms with E-state index >= 15 is 0 Å². The molecule has 0 amide bonds. The number of rotatable bonds is 5. The molecule has 0 aliphatic rings. The van der Waals surface area contributed by atoms with Crippen LogP contribution in [0.5, 0.6) is 0 Å². The van der Waals surface area contributed by atoms with Gasteiger partial charge in [-0.25, -0.2) is 0 Å². The van der Waals surface area contributed by atoms with Crippen LogP contribution in [0.2, 0.25) is 0 Å². The van der Waals surface area contributed by atoms with E-state index in [0.29, 0.717) is 5.92 Å². The highest BCUT2D eigenvalue weighted by atomic mass is 16.3. The zero-order valence-corrected chi connectivity index (χ0v) is 12.6. The Morgan fingerprint density at radius 3 is 2.43 bits per heavy atom. The molecule has 3 aromatic rings. The molecule has 2 heteroatoms. The first kappa shape index (κ1) is 13.9. The normalized spacial score (nSPS) is 12.7. The third-order valence-corrected chi connectivity index (χ3v) is 4.08. The van der Waals surface area contributed by atoms with E-state index in [2.05, 4.69) is 54.7 Å². The van der Waals surface area contributed by atoms with Crippen LogP contribution >= 0.6 is 0 Å². The fraction of sp³-hybridized carbons (Fsp3) is 0.263. The molecule has 1 atom stereocenters. The summed E-state index contributed by atoms with van der Waals surface area (Å²) in [7, 11) is 1.99. The molecule has 0 bridgehead atoms. The minimum atomic E-state index is 0.297.